The average molecular weight is 404 g/mol. The molecule has 0 spiro atoms. The molecular weight excluding hydrogens is 374 g/mol. The minimum Gasteiger partial charge on any atom is -0.759 e. The molecule has 5 nitrogen and oxygen atoms in total. The molecule has 1 rings (SSSR count). The Morgan fingerprint density at radius 1 is 0.769 bits per heavy atom. The predicted molar refractivity (Wildman–Crippen MR) is 94.3 cm³/mol. The Kier molecular flexibility index (Phi) is 26.9. The summed E-state index contributed by atoms with van der Waals surface area (Å²) in [7, 11) is -5.17. The van der Waals surface area contributed by atoms with Crippen LogP contribution in [0.3, 0.4) is 0 Å². The van der Waals surface area contributed by atoms with E-state index in [-0.39, 0.29) is 59.1 Å². The van der Waals surface area contributed by atoms with Crippen molar-refractivity contribution in [3.63, 3.8) is 0 Å². The van der Waals surface area contributed by atoms with Gasteiger partial charge in [-0.3, -0.25) is 8.42 Å². The number of unbranched alkanes of at least 4 members (excludes halogenated alkanes) is 9. The van der Waals surface area contributed by atoms with Gasteiger partial charge in [0.05, 0.1) is 6.61 Å². The second kappa shape index (κ2) is 22.2. The zero-order valence-electron chi connectivity index (χ0n) is 16.6. The van der Waals surface area contributed by atoms with Crippen molar-refractivity contribution in [2.45, 2.75) is 71.1 Å². The Morgan fingerprint density at radius 3 is 1.58 bits per heavy atom. The summed E-state index contributed by atoms with van der Waals surface area (Å²) < 4.78 is 39.8. The minimum absolute atomic E-state index is 0. The molecule has 0 unspecified atom stereocenters. The third-order valence-electron chi connectivity index (χ3n) is 3.51. The van der Waals surface area contributed by atoms with Crippen LogP contribution in [0.1, 0.15) is 71.1 Å². The largest absolute Gasteiger partial charge is 1.00 e. The first kappa shape index (κ1) is 31.6. The van der Waals surface area contributed by atoms with Gasteiger partial charge < -0.3 is 13.8 Å². The maximum Gasteiger partial charge on any atom is 1.00 e. The maximum atomic E-state index is 8.52. The second-order valence-corrected chi connectivity index (χ2v) is 6.57. The van der Waals surface area contributed by atoms with E-state index < -0.39 is 10.4 Å². The van der Waals surface area contributed by atoms with Gasteiger partial charge in [-0.05, 0) is 18.6 Å². The van der Waals surface area contributed by atoms with Gasteiger partial charge in [0, 0.05) is 10.4 Å². The number of hydrogen-bond donors (Lipinski definition) is 0. The Hall–Kier alpha value is 0.890. The molecule has 0 fully saturated rings. The van der Waals surface area contributed by atoms with E-state index in [1.54, 1.807) is 0 Å². The summed E-state index contributed by atoms with van der Waals surface area (Å²) in [5, 5.41) is 0. The molecule has 0 aliphatic rings. The average Bonchev–Trinajstić information content (AvgIpc) is 2.52. The number of hydrogen-bond acceptors (Lipinski definition) is 5. The number of rotatable bonds is 12. The van der Waals surface area contributed by atoms with Crippen molar-refractivity contribution in [2.75, 3.05) is 6.61 Å². The van der Waals surface area contributed by atoms with Gasteiger partial charge in [-0.25, -0.2) is 0 Å². The van der Waals surface area contributed by atoms with Crippen LogP contribution in [0.2, 0.25) is 0 Å². The molecule has 1 aromatic rings. The van der Waals surface area contributed by atoms with Gasteiger partial charge in [0.2, 0.25) is 0 Å². The number of ether oxygens (including phenoxy) is 1. The van der Waals surface area contributed by atoms with Gasteiger partial charge in [0.1, 0.15) is 5.75 Å². The van der Waals surface area contributed by atoms with E-state index in [0.29, 0.717) is 0 Å². The fourth-order valence-electron chi connectivity index (χ4n) is 2.30. The second-order valence-electron chi connectivity index (χ2n) is 5.75. The molecule has 0 heterocycles. The first-order valence-corrected chi connectivity index (χ1v) is 10.1. The molecule has 0 saturated carbocycles. The van der Waals surface area contributed by atoms with Crippen molar-refractivity contribution in [1.82, 2.24) is 0 Å². The van der Waals surface area contributed by atoms with Crippen LogP contribution in [0.25, 0.3) is 0 Å². The molecule has 0 bridgehead atoms. The number of benzene rings is 1. The van der Waals surface area contributed by atoms with E-state index in [2.05, 4.69) is 6.92 Å². The zero-order chi connectivity index (χ0) is 18.1. The Morgan fingerprint density at radius 2 is 1.15 bits per heavy atom. The third-order valence-corrected chi connectivity index (χ3v) is 3.51. The van der Waals surface area contributed by atoms with Gasteiger partial charge in [0.15, 0.2) is 0 Å². The van der Waals surface area contributed by atoms with Crippen LogP contribution >= 0.6 is 0 Å². The molecule has 0 aliphatic heterocycles. The van der Waals surface area contributed by atoms with E-state index >= 15 is 0 Å². The van der Waals surface area contributed by atoms with Crippen LogP contribution < -0.4 is 63.9 Å². The molecule has 0 aromatic heterocycles. The Bertz CT molecular complexity index is 476. The SMILES string of the molecule is CCCCCCCCCCCCOc1ccccc1.O=S(=O)([O-])[O-].[Na+].[Na+]. The first-order valence-electron chi connectivity index (χ1n) is 8.78. The van der Waals surface area contributed by atoms with Gasteiger partial charge in [-0.15, -0.1) is 0 Å². The number of para-hydroxylation sites is 1. The van der Waals surface area contributed by atoms with Crippen LogP contribution in [0, 0.1) is 0 Å². The van der Waals surface area contributed by atoms with Crippen molar-refractivity contribution in [3.05, 3.63) is 30.3 Å². The summed E-state index contributed by atoms with van der Waals surface area (Å²) in [5.41, 5.74) is 0. The molecule has 0 amide bonds. The molecule has 26 heavy (non-hydrogen) atoms. The summed E-state index contributed by atoms with van der Waals surface area (Å²) in [6, 6.07) is 10.1. The van der Waals surface area contributed by atoms with Crippen LogP contribution in [-0.4, -0.2) is 24.1 Å². The molecule has 0 radical (unpaired) electrons. The summed E-state index contributed by atoms with van der Waals surface area (Å²) in [6.45, 7) is 3.14. The molecule has 0 aliphatic carbocycles. The topological polar surface area (TPSA) is 89.5 Å². The van der Waals surface area contributed by atoms with Gasteiger partial charge in [0.25, 0.3) is 0 Å². The van der Waals surface area contributed by atoms with Gasteiger partial charge in [-0.2, -0.15) is 0 Å². The van der Waals surface area contributed by atoms with Crippen molar-refractivity contribution < 1.29 is 81.4 Å². The van der Waals surface area contributed by atoms with Crippen LogP contribution in [-0.2, 0) is 10.4 Å². The molecular formula is C18H30Na2O5S. The van der Waals surface area contributed by atoms with Crippen molar-refractivity contribution in [1.29, 1.82) is 0 Å². The molecule has 0 atom stereocenters. The maximum absolute atomic E-state index is 8.52. The normalized spacial score (nSPS) is 9.96. The van der Waals surface area contributed by atoms with Gasteiger partial charge in [-0.1, -0.05) is 82.9 Å². The summed E-state index contributed by atoms with van der Waals surface area (Å²) in [5.74, 6) is 0.999. The standard InChI is InChI=1S/C18H30O.2Na.H2O4S/c1-2-3-4-5-6-7-8-9-10-14-17-19-18-15-12-11-13-16-18;;;1-5(2,3)4/h11-13,15-16H,2-10,14,17H2,1H3;;;(H2,1,2,3,4)/q;2*+1;/p-2. The van der Waals surface area contributed by atoms with Crippen LogP contribution in [0.5, 0.6) is 5.75 Å². The van der Waals surface area contributed by atoms with Crippen molar-refractivity contribution >= 4 is 10.4 Å². The Balaban J connectivity index is -0.000000668. The predicted octanol–water partition coefficient (Wildman–Crippen LogP) is -1.34. The van der Waals surface area contributed by atoms with E-state index in [4.69, 9.17) is 22.3 Å². The summed E-state index contributed by atoms with van der Waals surface area (Å²) in [6.07, 6.45) is 13.7. The smallest absolute Gasteiger partial charge is 0.759 e. The Labute approximate surface area is 203 Å². The minimum atomic E-state index is -5.17. The molecule has 0 N–H and O–H groups in total. The van der Waals surface area contributed by atoms with Crippen LogP contribution in [0.15, 0.2) is 30.3 Å². The monoisotopic (exact) mass is 404 g/mol. The van der Waals surface area contributed by atoms with Crippen LogP contribution in [0.4, 0.5) is 0 Å². The molecule has 1 aromatic carbocycles. The molecule has 0 saturated heterocycles. The fourth-order valence-corrected chi connectivity index (χ4v) is 2.30. The fraction of sp³-hybridized carbons (Fsp3) is 0.667. The zero-order valence-corrected chi connectivity index (χ0v) is 21.4. The summed E-state index contributed by atoms with van der Waals surface area (Å²) in [4.78, 5) is 0. The molecule has 140 valence electrons. The van der Waals surface area contributed by atoms with Crippen molar-refractivity contribution in [2.24, 2.45) is 0 Å². The van der Waals surface area contributed by atoms with Gasteiger partial charge >= 0.3 is 59.1 Å². The summed E-state index contributed by atoms with van der Waals surface area (Å²) >= 11 is 0. The van der Waals surface area contributed by atoms with E-state index in [1.165, 1.54) is 64.2 Å². The first-order chi connectivity index (χ1) is 11.4. The van der Waals surface area contributed by atoms with E-state index in [9.17, 15) is 0 Å². The van der Waals surface area contributed by atoms with E-state index in [1.807, 2.05) is 30.3 Å². The third kappa shape index (κ3) is 29.6. The molecule has 8 heteroatoms. The van der Waals surface area contributed by atoms with E-state index in [0.717, 1.165) is 12.4 Å². The quantitative estimate of drug-likeness (QED) is 0.186. The van der Waals surface area contributed by atoms with Crippen molar-refractivity contribution in [3.8, 4) is 5.75 Å².